The lowest BCUT2D eigenvalue weighted by Gasteiger charge is -2.67. The van der Waals surface area contributed by atoms with Gasteiger partial charge in [-0.25, -0.2) is 0 Å². The van der Waals surface area contributed by atoms with Gasteiger partial charge in [-0.15, -0.1) is 0 Å². The lowest BCUT2D eigenvalue weighted by atomic mass is 9.53. The number of hydrogen-bond acceptors (Lipinski definition) is 3. The molecule has 9 heavy (non-hydrogen) atoms. The minimum atomic E-state index is -0.139. The summed E-state index contributed by atoms with van der Waals surface area (Å²) in [5.74, 6) is 0. The Kier molecular flexibility index (Phi) is 0.928. The summed E-state index contributed by atoms with van der Waals surface area (Å²) in [5.41, 5.74) is -0.139. The van der Waals surface area contributed by atoms with Crippen LogP contribution in [0.2, 0.25) is 0 Å². The summed E-state index contributed by atoms with van der Waals surface area (Å²) in [6.45, 7) is 0.262. The van der Waals surface area contributed by atoms with Crippen LogP contribution in [0.3, 0.4) is 0 Å². The average Bonchev–Trinajstić information content (AvgIpc) is 1.61. The highest BCUT2D eigenvalue weighted by Gasteiger charge is 2.64. The number of aliphatic hydroxyl groups is 2. The third kappa shape index (κ3) is 0.407. The summed E-state index contributed by atoms with van der Waals surface area (Å²) < 4.78 is 0. The Morgan fingerprint density at radius 1 is 1.33 bits per heavy atom. The smallest absolute Gasteiger partial charge is 0.0539 e. The normalized spacial score (nSPS) is 43.3. The van der Waals surface area contributed by atoms with Crippen LogP contribution in [-0.4, -0.2) is 35.5 Å². The zero-order chi connectivity index (χ0) is 6.48. The Morgan fingerprint density at radius 2 is 1.78 bits per heavy atom. The third-order valence-electron chi connectivity index (χ3n) is 2.85. The molecule has 3 rings (SSSR count). The van der Waals surface area contributed by atoms with Crippen molar-refractivity contribution in [2.45, 2.75) is 18.5 Å². The first kappa shape index (κ1) is 5.65. The second-order valence-electron chi connectivity index (χ2n) is 3.06. The van der Waals surface area contributed by atoms with Crippen LogP contribution in [0.1, 0.15) is 6.42 Å². The number of rotatable bonds is 2. The Balaban J connectivity index is 2.06. The Labute approximate surface area is 53.7 Å². The first-order chi connectivity index (χ1) is 4.33. The van der Waals surface area contributed by atoms with Crippen molar-refractivity contribution in [2.24, 2.45) is 5.41 Å². The number of aliphatic hydroxyl groups excluding tert-OH is 2. The zero-order valence-electron chi connectivity index (χ0n) is 5.17. The first-order valence-electron chi connectivity index (χ1n) is 3.31. The van der Waals surface area contributed by atoms with Crippen LogP contribution in [0.25, 0.3) is 0 Å². The Morgan fingerprint density at radius 3 is 1.78 bits per heavy atom. The molecule has 3 nitrogen and oxygen atoms in total. The molecule has 0 aromatic rings. The van der Waals surface area contributed by atoms with E-state index in [2.05, 4.69) is 5.32 Å². The largest absolute Gasteiger partial charge is 0.396 e. The summed E-state index contributed by atoms with van der Waals surface area (Å²) in [5, 5.41) is 20.9. The second-order valence-corrected chi connectivity index (χ2v) is 3.06. The van der Waals surface area contributed by atoms with Crippen LogP contribution < -0.4 is 5.32 Å². The summed E-state index contributed by atoms with van der Waals surface area (Å²) in [6, 6.07) is 0.801. The van der Waals surface area contributed by atoms with Crippen LogP contribution in [0.15, 0.2) is 0 Å². The minimum Gasteiger partial charge on any atom is -0.396 e. The van der Waals surface area contributed by atoms with Gasteiger partial charge in [0, 0.05) is 17.5 Å². The van der Waals surface area contributed by atoms with E-state index in [1.807, 2.05) is 0 Å². The van der Waals surface area contributed by atoms with Gasteiger partial charge in [-0.2, -0.15) is 0 Å². The van der Waals surface area contributed by atoms with E-state index < -0.39 is 0 Å². The highest BCUT2D eigenvalue weighted by molar-refractivity contribution is 5.21. The fourth-order valence-electron chi connectivity index (χ4n) is 1.73. The molecule has 0 amide bonds. The number of nitrogens with one attached hydrogen (secondary N) is 1. The molecule has 3 aliphatic rings. The molecule has 0 spiro atoms. The molecule has 2 aliphatic heterocycles. The molecular weight excluding hydrogens is 118 g/mol. The molecule has 2 saturated heterocycles. The van der Waals surface area contributed by atoms with E-state index in [1.54, 1.807) is 0 Å². The molecule has 2 heterocycles. The van der Waals surface area contributed by atoms with Gasteiger partial charge in [0.1, 0.15) is 0 Å². The lowest BCUT2D eigenvalue weighted by Crippen LogP contribution is -2.84. The lowest BCUT2D eigenvalue weighted by molar-refractivity contribution is -0.163. The SMILES string of the molecule is OCC1(CO)C2CC1N2. The monoisotopic (exact) mass is 129 g/mol. The molecule has 3 heteroatoms. The molecule has 52 valence electrons. The topological polar surface area (TPSA) is 52.5 Å². The van der Waals surface area contributed by atoms with Gasteiger partial charge in [-0.3, -0.25) is 0 Å². The fourth-order valence-corrected chi connectivity index (χ4v) is 1.73. The fraction of sp³-hybridized carbons (Fsp3) is 1.00. The first-order valence-corrected chi connectivity index (χ1v) is 3.31. The van der Waals surface area contributed by atoms with Crippen LogP contribution in [0, 0.1) is 5.41 Å². The maximum absolute atomic E-state index is 8.84. The molecule has 3 N–H and O–H groups in total. The van der Waals surface area contributed by atoms with Gasteiger partial charge in [0.25, 0.3) is 0 Å². The van der Waals surface area contributed by atoms with E-state index in [0.717, 1.165) is 6.42 Å². The molecule has 2 bridgehead atoms. The van der Waals surface area contributed by atoms with E-state index in [1.165, 1.54) is 0 Å². The van der Waals surface area contributed by atoms with Crippen molar-refractivity contribution in [2.75, 3.05) is 13.2 Å². The summed E-state index contributed by atoms with van der Waals surface area (Å²) >= 11 is 0. The average molecular weight is 129 g/mol. The maximum atomic E-state index is 8.84. The van der Waals surface area contributed by atoms with Gasteiger partial charge in [-0.1, -0.05) is 0 Å². The van der Waals surface area contributed by atoms with E-state index >= 15 is 0 Å². The molecule has 2 atom stereocenters. The van der Waals surface area contributed by atoms with Crippen LogP contribution in [0.4, 0.5) is 0 Å². The van der Waals surface area contributed by atoms with Gasteiger partial charge in [0.2, 0.25) is 0 Å². The van der Waals surface area contributed by atoms with Crippen LogP contribution in [0.5, 0.6) is 0 Å². The molecule has 0 aromatic heterocycles. The predicted octanol–water partition coefficient (Wildman–Crippen LogP) is -1.30. The standard InChI is InChI=1S/C6H11NO2/c8-2-6(3-9)4-1-5(6)7-4/h4-5,7-9H,1-3H2. The van der Waals surface area contributed by atoms with Crippen molar-refractivity contribution in [1.29, 1.82) is 0 Å². The van der Waals surface area contributed by atoms with Gasteiger partial charge >= 0.3 is 0 Å². The van der Waals surface area contributed by atoms with Crippen molar-refractivity contribution < 1.29 is 10.2 Å². The van der Waals surface area contributed by atoms with E-state index in [9.17, 15) is 0 Å². The molecule has 1 aliphatic carbocycles. The molecular formula is C6H11NO2. The molecule has 0 aromatic carbocycles. The highest BCUT2D eigenvalue weighted by atomic mass is 16.3. The van der Waals surface area contributed by atoms with E-state index in [-0.39, 0.29) is 18.6 Å². The molecule has 1 saturated carbocycles. The zero-order valence-corrected chi connectivity index (χ0v) is 5.17. The predicted molar refractivity (Wildman–Crippen MR) is 31.9 cm³/mol. The summed E-state index contributed by atoms with van der Waals surface area (Å²) in [6.07, 6.45) is 1.14. The van der Waals surface area contributed by atoms with Crippen molar-refractivity contribution in [3.63, 3.8) is 0 Å². The molecule has 0 radical (unpaired) electrons. The van der Waals surface area contributed by atoms with Crippen molar-refractivity contribution in [1.82, 2.24) is 5.32 Å². The Hall–Kier alpha value is -0.120. The van der Waals surface area contributed by atoms with Gasteiger partial charge < -0.3 is 15.5 Å². The highest BCUT2D eigenvalue weighted by Crippen LogP contribution is 2.50. The second kappa shape index (κ2) is 1.48. The van der Waals surface area contributed by atoms with Gasteiger partial charge in [0.05, 0.1) is 13.2 Å². The van der Waals surface area contributed by atoms with Crippen molar-refractivity contribution >= 4 is 0 Å². The van der Waals surface area contributed by atoms with Crippen molar-refractivity contribution in [3.8, 4) is 0 Å². The van der Waals surface area contributed by atoms with Crippen LogP contribution in [-0.2, 0) is 0 Å². The summed E-state index contributed by atoms with van der Waals surface area (Å²) in [4.78, 5) is 0. The third-order valence-corrected chi connectivity index (χ3v) is 2.85. The quantitative estimate of drug-likeness (QED) is 0.434. The van der Waals surface area contributed by atoms with E-state index in [4.69, 9.17) is 10.2 Å². The van der Waals surface area contributed by atoms with Crippen molar-refractivity contribution in [3.05, 3.63) is 0 Å². The molecule has 2 unspecified atom stereocenters. The molecule has 3 fully saturated rings. The van der Waals surface area contributed by atoms with Gasteiger partial charge in [0.15, 0.2) is 0 Å². The maximum Gasteiger partial charge on any atom is 0.0539 e. The minimum absolute atomic E-state index is 0.131. The van der Waals surface area contributed by atoms with Crippen LogP contribution >= 0.6 is 0 Å². The van der Waals surface area contributed by atoms with Gasteiger partial charge in [-0.05, 0) is 6.42 Å². The van der Waals surface area contributed by atoms with E-state index in [0.29, 0.717) is 12.1 Å². The summed E-state index contributed by atoms with van der Waals surface area (Å²) in [7, 11) is 0. The Bertz CT molecular complexity index is 117. The number of hydrogen-bond donors (Lipinski definition) is 3.